The van der Waals surface area contributed by atoms with Crippen molar-refractivity contribution < 1.29 is 42.2 Å². The van der Waals surface area contributed by atoms with Crippen LogP contribution in [0.25, 0.3) is 0 Å². The summed E-state index contributed by atoms with van der Waals surface area (Å²) in [6, 6.07) is 3.59. The second-order valence-electron chi connectivity index (χ2n) is 13.0. The molecule has 0 bridgehead atoms. The van der Waals surface area contributed by atoms with Crippen LogP contribution in [-0.4, -0.2) is 37.1 Å². The summed E-state index contributed by atoms with van der Waals surface area (Å²) in [5.41, 5.74) is -0.0135. The van der Waals surface area contributed by atoms with Gasteiger partial charge in [0, 0.05) is 6.05 Å². The molecule has 8 heteroatoms. The fourth-order valence-electron chi connectivity index (χ4n) is 6.60. The maximum Gasteiger partial charge on any atom is 0.342 e. The van der Waals surface area contributed by atoms with E-state index in [-0.39, 0.29) is 54.1 Å². The van der Waals surface area contributed by atoms with E-state index < -0.39 is 24.5 Å². The summed E-state index contributed by atoms with van der Waals surface area (Å²) < 4.78 is 43.2. The van der Waals surface area contributed by atoms with Gasteiger partial charge in [0.25, 0.3) is 0 Å². The fraction of sp³-hybridized carbons (Fsp3) is 0.684. The summed E-state index contributed by atoms with van der Waals surface area (Å²) in [6.07, 6.45) is 17.4. The molecule has 2 aliphatic carbocycles. The number of rotatable bonds is 19. The molecule has 0 saturated heterocycles. The highest BCUT2D eigenvalue weighted by molar-refractivity contribution is 5.94. The Morgan fingerprint density at radius 3 is 1.85 bits per heavy atom. The SMILES string of the molecule is [2H]C([2H])=C([2H])C(=O)OCCCCOC(=O)c1cc(OC(=O)C2CCC(CCCCC)CC2)ccc1OC(=O)C1CCC(CCCCC)CC1. The summed E-state index contributed by atoms with van der Waals surface area (Å²) in [5.74, 6) is -1.42. The normalized spacial score (nSPS) is 22.0. The van der Waals surface area contributed by atoms with Crippen LogP contribution < -0.4 is 9.47 Å². The summed E-state index contributed by atoms with van der Waals surface area (Å²) in [5, 5.41) is 0. The lowest BCUT2D eigenvalue weighted by Crippen LogP contribution is -2.27. The molecule has 2 saturated carbocycles. The number of carbonyl (C=O) groups is 4. The number of carbonyl (C=O) groups excluding carboxylic acids is 4. The minimum Gasteiger partial charge on any atom is -0.463 e. The number of benzene rings is 1. The van der Waals surface area contributed by atoms with E-state index in [2.05, 4.69) is 13.8 Å². The molecule has 0 aliphatic heterocycles. The monoisotopic (exact) mass is 643 g/mol. The number of ether oxygens (including phenoxy) is 4. The van der Waals surface area contributed by atoms with Gasteiger partial charge in [0.05, 0.1) is 29.2 Å². The van der Waals surface area contributed by atoms with E-state index in [1.807, 2.05) is 0 Å². The first-order valence-electron chi connectivity index (χ1n) is 19.2. The van der Waals surface area contributed by atoms with Crippen molar-refractivity contribution in [3.63, 3.8) is 0 Å². The molecule has 3 rings (SSSR count). The maximum absolute atomic E-state index is 13.3. The van der Waals surface area contributed by atoms with E-state index in [0.717, 1.165) is 51.4 Å². The van der Waals surface area contributed by atoms with Crippen molar-refractivity contribution in [2.75, 3.05) is 13.2 Å². The Morgan fingerprint density at radius 1 is 0.761 bits per heavy atom. The van der Waals surface area contributed by atoms with Crippen molar-refractivity contribution in [3.8, 4) is 11.5 Å². The molecule has 0 amide bonds. The number of esters is 4. The third kappa shape index (κ3) is 12.9. The molecule has 2 fully saturated rings. The molecule has 1 aromatic carbocycles. The molecule has 0 aromatic heterocycles. The topological polar surface area (TPSA) is 105 Å². The largest absolute Gasteiger partial charge is 0.463 e. The van der Waals surface area contributed by atoms with Crippen molar-refractivity contribution in [1.82, 2.24) is 0 Å². The average molecular weight is 644 g/mol. The van der Waals surface area contributed by atoms with Crippen LogP contribution in [0, 0.1) is 23.7 Å². The van der Waals surface area contributed by atoms with Gasteiger partial charge in [-0.25, -0.2) is 9.59 Å². The van der Waals surface area contributed by atoms with Crippen LogP contribution in [0.15, 0.2) is 30.8 Å². The van der Waals surface area contributed by atoms with Crippen LogP contribution in [0.1, 0.15) is 144 Å². The van der Waals surface area contributed by atoms with Crippen molar-refractivity contribution in [1.29, 1.82) is 0 Å². The highest BCUT2D eigenvalue weighted by Gasteiger charge is 2.30. The zero-order valence-electron chi connectivity index (χ0n) is 30.9. The Kier molecular flexibility index (Phi) is 14.9. The molecule has 1 aromatic rings. The Balaban J connectivity index is 1.60. The van der Waals surface area contributed by atoms with E-state index in [1.54, 1.807) is 6.07 Å². The van der Waals surface area contributed by atoms with E-state index >= 15 is 0 Å². The second kappa shape index (κ2) is 20.9. The van der Waals surface area contributed by atoms with Gasteiger partial charge >= 0.3 is 23.9 Å². The first-order chi connectivity index (χ1) is 23.6. The average Bonchev–Trinajstić information content (AvgIpc) is 3.10. The van der Waals surface area contributed by atoms with Crippen molar-refractivity contribution >= 4 is 23.9 Å². The van der Waals surface area contributed by atoms with Gasteiger partial charge in [0.15, 0.2) is 0 Å². The minimum absolute atomic E-state index is 0.0135. The molecule has 2 aliphatic rings. The summed E-state index contributed by atoms with van der Waals surface area (Å²) in [6.45, 7) is 3.37. The highest BCUT2D eigenvalue weighted by atomic mass is 16.6. The highest BCUT2D eigenvalue weighted by Crippen LogP contribution is 2.35. The van der Waals surface area contributed by atoms with Gasteiger partial charge in [-0.15, -0.1) is 0 Å². The summed E-state index contributed by atoms with van der Waals surface area (Å²) in [4.78, 5) is 51.2. The Labute approximate surface area is 280 Å². The van der Waals surface area contributed by atoms with Gasteiger partial charge in [-0.2, -0.15) is 0 Å². The summed E-state index contributed by atoms with van der Waals surface area (Å²) in [7, 11) is 0. The maximum atomic E-state index is 13.3. The van der Waals surface area contributed by atoms with Crippen LogP contribution in [0.5, 0.6) is 11.5 Å². The molecule has 8 nitrogen and oxygen atoms in total. The number of unbranched alkanes of at least 4 members (excludes halogenated alkanes) is 5. The van der Waals surface area contributed by atoms with Crippen LogP contribution in [-0.2, 0) is 23.9 Å². The molecule has 0 heterocycles. The van der Waals surface area contributed by atoms with Crippen molar-refractivity contribution in [2.45, 2.75) is 129 Å². The van der Waals surface area contributed by atoms with Crippen molar-refractivity contribution in [2.24, 2.45) is 23.7 Å². The minimum atomic E-state index is -1.06. The Bertz CT molecular complexity index is 1250. The van der Waals surface area contributed by atoms with E-state index in [4.69, 9.17) is 23.1 Å². The lowest BCUT2D eigenvalue weighted by Gasteiger charge is -2.27. The van der Waals surface area contributed by atoms with Crippen LogP contribution in [0.2, 0.25) is 0 Å². The molecule has 46 heavy (non-hydrogen) atoms. The molecular weight excluding hydrogens is 584 g/mol. The van der Waals surface area contributed by atoms with Gasteiger partial charge in [0.2, 0.25) is 0 Å². The predicted molar refractivity (Wildman–Crippen MR) is 178 cm³/mol. The lowest BCUT2D eigenvalue weighted by atomic mass is 9.80. The smallest absolute Gasteiger partial charge is 0.342 e. The van der Waals surface area contributed by atoms with Crippen LogP contribution >= 0.6 is 0 Å². The van der Waals surface area contributed by atoms with Gasteiger partial charge in [-0.1, -0.05) is 71.7 Å². The predicted octanol–water partition coefficient (Wildman–Crippen LogP) is 8.94. The Morgan fingerprint density at radius 2 is 1.30 bits per heavy atom. The molecule has 0 atom stereocenters. The number of hydrogen-bond donors (Lipinski definition) is 0. The first-order valence-corrected chi connectivity index (χ1v) is 17.7. The van der Waals surface area contributed by atoms with Crippen molar-refractivity contribution in [3.05, 3.63) is 36.3 Å². The quantitative estimate of drug-likeness (QED) is 0.0637. The molecule has 0 unspecified atom stereocenters. The molecule has 0 N–H and O–H groups in total. The van der Waals surface area contributed by atoms with E-state index in [1.165, 1.54) is 63.5 Å². The standard InChI is InChI=1S/C38H56O8/c1-4-7-9-13-28-15-19-30(20-16-28)36(40)45-32-23-24-34(33(27-32)38(42)44-26-12-11-25-43-35(39)6-3)46-37(41)31-21-17-29(18-22-31)14-10-8-5-2/h6,23-24,27-31H,3-5,7-22,25-26H2,1-2H3/i3D2,6D. The number of hydrogen-bond acceptors (Lipinski definition) is 8. The van der Waals surface area contributed by atoms with Crippen LogP contribution in [0.3, 0.4) is 0 Å². The van der Waals surface area contributed by atoms with Gasteiger partial charge in [-0.05, 0) is 94.2 Å². The Hall–Kier alpha value is -3.16. The summed E-state index contributed by atoms with van der Waals surface area (Å²) >= 11 is 0. The van der Waals surface area contributed by atoms with E-state index in [9.17, 15) is 19.2 Å². The third-order valence-electron chi connectivity index (χ3n) is 9.50. The molecular formula is C38H56O8. The van der Waals surface area contributed by atoms with Gasteiger partial charge in [-0.3, -0.25) is 9.59 Å². The zero-order chi connectivity index (χ0) is 35.6. The third-order valence-corrected chi connectivity index (χ3v) is 9.50. The second-order valence-corrected chi connectivity index (χ2v) is 13.0. The first kappa shape index (κ1) is 32.8. The molecule has 256 valence electrons. The zero-order valence-corrected chi connectivity index (χ0v) is 27.9. The van der Waals surface area contributed by atoms with Gasteiger partial charge in [0.1, 0.15) is 17.1 Å². The van der Waals surface area contributed by atoms with E-state index in [0.29, 0.717) is 24.7 Å². The molecule has 0 spiro atoms. The molecule has 0 radical (unpaired) electrons. The van der Waals surface area contributed by atoms with Gasteiger partial charge < -0.3 is 18.9 Å². The van der Waals surface area contributed by atoms with Crippen LogP contribution in [0.4, 0.5) is 0 Å². The lowest BCUT2D eigenvalue weighted by molar-refractivity contribution is -0.141. The fourth-order valence-corrected chi connectivity index (χ4v) is 6.60.